The number of esters is 1. The van der Waals surface area contributed by atoms with E-state index in [2.05, 4.69) is 16.7 Å². The van der Waals surface area contributed by atoms with Gasteiger partial charge in [0, 0.05) is 32.5 Å². The fraction of sp³-hybridized carbons (Fsp3) is 0.400. The van der Waals surface area contributed by atoms with Crippen LogP contribution in [0.25, 0.3) is 11.0 Å². The van der Waals surface area contributed by atoms with E-state index in [0.29, 0.717) is 49.1 Å². The number of fused-ring (bicyclic) bond motifs is 1. The minimum atomic E-state index is -0.244. The summed E-state index contributed by atoms with van der Waals surface area (Å²) in [7, 11) is 0. The Morgan fingerprint density at radius 1 is 1.15 bits per heavy atom. The molecule has 1 atom stereocenters. The van der Waals surface area contributed by atoms with E-state index in [1.807, 2.05) is 24.3 Å². The van der Waals surface area contributed by atoms with E-state index in [1.165, 1.54) is 0 Å². The molecule has 0 radical (unpaired) electrons. The molecule has 1 aromatic heterocycles. The normalized spacial score (nSPS) is 16.2. The summed E-state index contributed by atoms with van der Waals surface area (Å²) in [6.07, 6.45) is 2.50. The fourth-order valence-electron chi connectivity index (χ4n) is 4.35. The number of aryl methyl sites for hydroxylation is 1. The van der Waals surface area contributed by atoms with Gasteiger partial charge in [0.1, 0.15) is 5.82 Å². The maximum atomic E-state index is 13.0. The SMILES string of the molecule is CCOC(=O)[C@@H]1CCCN(C(=O)CCn2c(Cc3ccccc3)nc3cc(Cl)c(Cl)cc32)C1. The molecule has 0 N–H and O–H groups in total. The quantitative estimate of drug-likeness (QED) is 0.433. The van der Waals surface area contributed by atoms with Crippen LogP contribution in [0.3, 0.4) is 0 Å². The Kier molecular flexibility index (Phi) is 7.56. The first kappa shape index (κ1) is 23.6. The molecular formula is C25H27Cl2N3O3. The maximum Gasteiger partial charge on any atom is 0.310 e. The zero-order valence-corrected chi connectivity index (χ0v) is 20.1. The van der Waals surface area contributed by atoms with E-state index in [4.69, 9.17) is 32.9 Å². The number of ether oxygens (including phenoxy) is 1. The highest BCUT2D eigenvalue weighted by molar-refractivity contribution is 6.42. The number of nitrogens with zero attached hydrogens (tertiary/aromatic N) is 3. The van der Waals surface area contributed by atoms with Crippen molar-refractivity contribution < 1.29 is 14.3 Å². The molecular weight excluding hydrogens is 461 g/mol. The molecule has 3 aromatic rings. The average molecular weight is 488 g/mol. The average Bonchev–Trinajstić information content (AvgIpc) is 3.14. The van der Waals surface area contributed by atoms with E-state index in [0.717, 1.165) is 35.3 Å². The van der Waals surface area contributed by atoms with E-state index in [1.54, 1.807) is 17.9 Å². The molecule has 0 unspecified atom stereocenters. The van der Waals surface area contributed by atoms with Crippen LogP contribution < -0.4 is 0 Å². The molecule has 1 aliphatic rings. The molecule has 1 aliphatic heterocycles. The first-order valence-electron chi connectivity index (χ1n) is 11.3. The molecule has 0 spiro atoms. The minimum Gasteiger partial charge on any atom is -0.466 e. The van der Waals surface area contributed by atoms with Gasteiger partial charge < -0.3 is 14.2 Å². The summed E-state index contributed by atoms with van der Waals surface area (Å²) in [6, 6.07) is 13.7. The summed E-state index contributed by atoms with van der Waals surface area (Å²) >= 11 is 12.5. The van der Waals surface area contributed by atoms with Crippen LogP contribution in [0.4, 0.5) is 0 Å². The number of rotatable bonds is 7. The Labute approximate surface area is 203 Å². The second kappa shape index (κ2) is 10.6. The lowest BCUT2D eigenvalue weighted by molar-refractivity contribution is -0.151. The van der Waals surface area contributed by atoms with Crippen LogP contribution in [0.15, 0.2) is 42.5 Å². The van der Waals surface area contributed by atoms with Gasteiger partial charge in [0.05, 0.1) is 33.6 Å². The van der Waals surface area contributed by atoms with Crippen molar-refractivity contribution in [2.75, 3.05) is 19.7 Å². The number of hydrogen-bond donors (Lipinski definition) is 0. The van der Waals surface area contributed by atoms with E-state index in [9.17, 15) is 9.59 Å². The van der Waals surface area contributed by atoms with Gasteiger partial charge in [-0.2, -0.15) is 0 Å². The van der Waals surface area contributed by atoms with E-state index >= 15 is 0 Å². The third kappa shape index (κ3) is 5.50. The molecule has 0 aliphatic carbocycles. The van der Waals surface area contributed by atoms with Crippen LogP contribution in [-0.4, -0.2) is 46.0 Å². The van der Waals surface area contributed by atoms with Crippen molar-refractivity contribution in [3.8, 4) is 0 Å². The molecule has 2 aromatic carbocycles. The van der Waals surface area contributed by atoms with Crippen molar-refractivity contribution in [1.29, 1.82) is 0 Å². The zero-order chi connectivity index (χ0) is 23.4. The molecule has 6 nitrogen and oxygen atoms in total. The van der Waals surface area contributed by atoms with Gasteiger partial charge in [0.15, 0.2) is 0 Å². The van der Waals surface area contributed by atoms with Crippen LogP contribution in [-0.2, 0) is 27.3 Å². The molecule has 1 fully saturated rings. The van der Waals surface area contributed by atoms with Gasteiger partial charge in [-0.25, -0.2) is 4.98 Å². The second-order valence-electron chi connectivity index (χ2n) is 8.28. The second-order valence-corrected chi connectivity index (χ2v) is 9.09. The number of piperidine rings is 1. The van der Waals surface area contributed by atoms with E-state index < -0.39 is 0 Å². The Bertz CT molecular complexity index is 1150. The van der Waals surface area contributed by atoms with Crippen LogP contribution >= 0.6 is 23.2 Å². The van der Waals surface area contributed by atoms with Crippen molar-refractivity contribution >= 4 is 46.1 Å². The number of imidazole rings is 1. The van der Waals surface area contributed by atoms with Gasteiger partial charge >= 0.3 is 5.97 Å². The number of aromatic nitrogens is 2. The van der Waals surface area contributed by atoms with Crippen molar-refractivity contribution in [2.45, 2.75) is 39.2 Å². The number of likely N-dealkylation sites (tertiary alicyclic amines) is 1. The van der Waals surface area contributed by atoms with Crippen molar-refractivity contribution in [1.82, 2.24) is 14.5 Å². The van der Waals surface area contributed by atoms with Gasteiger partial charge in [-0.15, -0.1) is 0 Å². The number of carbonyl (C=O) groups excluding carboxylic acids is 2. The fourth-order valence-corrected chi connectivity index (χ4v) is 4.67. The molecule has 0 bridgehead atoms. The highest BCUT2D eigenvalue weighted by Crippen LogP contribution is 2.29. The first-order chi connectivity index (χ1) is 16.0. The standard InChI is InChI=1S/C25H27Cl2N3O3/c1-2-33-25(32)18-9-6-11-29(16-18)24(31)10-12-30-22-15-20(27)19(26)14-21(22)28-23(30)13-17-7-4-3-5-8-17/h3-5,7-8,14-15,18H,2,6,9-13,16H2,1H3/t18-/m1/s1. The summed E-state index contributed by atoms with van der Waals surface area (Å²) in [5.41, 5.74) is 2.74. The maximum absolute atomic E-state index is 13.0. The molecule has 1 amide bonds. The summed E-state index contributed by atoms with van der Waals surface area (Å²) < 4.78 is 7.21. The summed E-state index contributed by atoms with van der Waals surface area (Å²) in [5, 5.41) is 0.908. The Morgan fingerprint density at radius 2 is 1.91 bits per heavy atom. The lowest BCUT2D eigenvalue weighted by atomic mass is 9.98. The largest absolute Gasteiger partial charge is 0.466 e. The lowest BCUT2D eigenvalue weighted by Crippen LogP contribution is -2.43. The van der Waals surface area contributed by atoms with Gasteiger partial charge in [-0.1, -0.05) is 53.5 Å². The van der Waals surface area contributed by atoms with Gasteiger partial charge in [-0.05, 0) is 37.5 Å². The van der Waals surface area contributed by atoms with Gasteiger partial charge in [0.2, 0.25) is 5.91 Å². The Hall–Kier alpha value is -2.57. The predicted molar refractivity (Wildman–Crippen MR) is 130 cm³/mol. The third-order valence-electron chi connectivity index (χ3n) is 6.02. The highest BCUT2D eigenvalue weighted by atomic mass is 35.5. The van der Waals surface area contributed by atoms with Crippen LogP contribution in [0.1, 0.15) is 37.6 Å². The number of amides is 1. The number of carbonyl (C=O) groups is 2. The number of hydrogen-bond acceptors (Lipinski definition) is 4. The molecule has 8 heteroatoms. The topological polar surface area (TPSA) is 64.4 Å². The number of halogens is 2. The van der Waals surface area contributed by atoms with Crippen molar-refractivity contribution in [3.05, 3.63) is 63.9 Å². The van der Waals surface area contributed by atoms with Crippen LogP contribution in [0.2, 0.25) is 10.0 Å². The number of benzene rings is 2. The summed E-state index contributed by atoms with van der Waals surface area (Å²) in [5.74, 6) is 0.417. The monoisotopic (exact) mass is 487 g/mol. The lowest BCUT2D eigenvalue weighted by Gasteiger charge is -2.31. The van der Waals surface area contributed by atoms with Gasteiger partial charge in [0.25, 0.3) is 0 Å². The van der Waals surface area contributed by atoms with Crippen molar-refractivity contribution in [2.24, 2.45) is 5.92 Å². The van der Waals surface area contributed by atoms with Gasteiger partial charge in [-0.3, -0.25) is 9.59 Å². The third-order valence-corrected chi connectivity index (χ3v) is 6.74. The van der Waals surface area contributed by atoms with E-state index in [-0.39, 0.29) is 17.8 Å². The summed E-state index contributed by atoms with van der Waals surface area (Å²) in [4.78, 5) is 31.8. The molecule has 2 heterocycles. The molecule has 1 saturated heterocycles. The molecule has 4 rings (SSSR count). The first-order valence-corrected chi connectivity index (χ1v) is 12.0. The predicted octanol–water partition coefficient (Wildman–Crippen LogP) is 5.13. The Morgan fingerprint density at radius 3 is 2.67 bits per heavy atom. The molecule has 174 valence electrons. The molecule has 0 saturated carbocycles. The smallest absolute Gasteiger partial charge is 0.310 e. The minimum absolute atomic E-state index is 0.0246. The van der Waals surface area contributed by atoms with Crippen LogP contribution in [0.5, 0.6) is 0 Å². The Balaban J connectivity index is 1.53. The zero-order valence-electron chi connectivity index (χ0n) is 18.6. The van der Waals surface area contributed by atoms with Crippen LogP contribution in [0, 0.1) is 5.92 Å². The van der Waals surface area contributed by atoms with Crippen molar-refractivity contribution in [3.63, 3.8) is 0 Å². The highest BCUT2D eigenvalue weighted by Gasteiger charge is 2.29. The molecule has 33 heavy (non-hydrogen) atoms. The summed E-state index contributed by atoms with van der Waals surface area (Å²) in [6.45, 7) is 3.70.